The standard InChI is InChI=1S/C21H16NS.3CH3.Sn/c1-15-6-5-9-19(21(15)16-7-3-2-4-8-16)22-18-10-11-20-17(14-18)12-13-23-20;;;;/h2-12,14,22H,1H3;3*1H3;. The fourth-order valence-corrected chi connectivity index (χ4v) is 9.75. The third kappa shape index (κ3) is 3.92. The maximum absolute atomic E-state index is 3.67. The molecule has 1 nitrogen and oxygen atoms in total. The first kappa shape index (κ1) is 18.6. The van der Waals surface area contributed by atoms with Crippen LogP contribution >= 0.6 is 11.3 Å². The van der Waals surface area contributed by atoms with E-state index in [4.69, 9.17) is 0 Å². The van der Waals surface area contributed by atoms with Crippen LogP contribution in [0.15, 0.2) is 72.8 Å². The summed E-state index contributed by atoms with van der Waals surface area (Å²) in [7, 11) is 0. The van der Waals surface area contributed by atoms with Gasteiger partial charge in [0.1, 0.15) is 0 Å². The zero-order valence-electron chi connectivity index (χ0n) is 16.3. The van der Waals surface area contributed by atoms with Gasteiger partial charge in [-0.25, -0.2) is 0 Å². The van der Waals surface area contributed by atoms with E-state index in [0.29, 0.717) is 0 Å². The number of fused-ring (bicyclic) bond motifs is 1. The van der Waals surface area contributed by atoms with Crippen molar-refractivity contribution in [1.82, 2.24) is 0 Å². The van der Waals surface area contributed by atoms with Crippen molar-refractivity contribution in [3.05, 3.63) is 78.4 Å². The van der Waals surface area contributed by atoms with Gasteiger partial charge in [-0.05, 0) is 0 Å². The summed E-state index contributed by atoms with van der Waals surface area (Å²) in [5.74, 6) is 0. The SMILES string of the molecule is Cc1cccc(Nc2ccc3s[c]([Sn]([CH3])([CH3])[CH3])cc3c2)c1-c1ccccc1. The summed E-state index contributed by atoms with van der Waals surface area (Å²) < 4.78 is 3.03. The van der Waals surface area contributed by atoms with Gasteiger partial charge in [-0.15, -0.1) is 0 Å². The first-order valence-electron chi connectivity index (χ1n) is 9.38. The monoisotopic (exact) mass is 479 g/mol. The molecule has 0 aliphatic rings. The molecule has 3 aromatic carbocycles. The van der Waals surface area contributed by atoms with Crippen LogP contribution in [0.3, 0.4) is 0 Å². The van der Waals surface area contributed by atoms with Gasteiger partial charge < -0.3 is 0 Å². The second-order valence-corrected chi connectivity index (χ2v) is 24.6. The Hall–Kier alpha value is -1.78. The van der Waals surface area contributed by atoms with Gasteiger partial charge in [0, 0.05) is 0 Å². The van der Waals surface area contributed by atoms with Crippen molar-refractivity contribution in [1.29, 1.82) is 0 Å². The minimum absolute atomic E-state index is 1.15. The number of thiophene rings is 1. The van der Waals surface area contributed by atoms with Crippen LogP contribution in [-0.4, -0.2) is 18.4 Å². The molecule has 0 amide bonds. The average molecular weight is 478 g/mol. The zero-order chi connectivity index (χ0) is 19.0. The first-order chi connectivity index (χ1) is 12.9. The molecule has 1 N–H and O–H groups in total. The van der Waals surface area contributed by atoms with E-state index < -0.39 is 18.4 Å². The Morgan fingerprint density at radius 1 is 0.815 bits per heavy atom. The molecule has 0 unspecified atom stereocenters. The summed E-state index contributed by atoms with van der Waals surface area (Å²) in [6.45, 7) is 2.18. The Morgan fingerprint density at radius 3 is 2.33 bits per heavy atom. The van der Waals surface area contributed by atoms with E-state index in [1.807, 2.05) is 11.3 Å². The molecule has 0 saturated heterocycles. The molecular weight excluding hydrogens is 453 g/mol. The number of hydrogen-bond acceptors (Lipinski definition) is 2. The van der Waals surface area contributed by atoms with Crippen molar-refractivity contribution in [3.63, 3.8) is 0 Å². The second kappa shape index (κ2) is 7.33. The average Bonchev–Trinajstić information content (AvgIpc) is 3.06. The number of benzene rings is 3. The van der Waals surface area contributed by atoms with E-state index in [1.54, 1.807) is 2.89 Å². The van der Waals surface area contributed by atoms with E-state index in [9.17, 15) is 0 Å². The molecule has 4 rings (SSSR count). The van der Waals surface area contributed by atoms with E-state index in [2.05, 4.69) is 99.9 Å². The Kier molecular flexibility index (Phi) is 5.04. The molecule has 0 atom stereocenters. The van der Waals surface area contributed by atoms with Crippen LogP contribution < -0.4 is 8.21 Å². The Balaban J connectivity index is 1.74. The molecule has 0 fully saturated rings. The molecule has 4 aromatic rings. The Morgan fingerprint density at radius 2 is 1.59 bits per heavy atom. The molecule has 0 aliphatic heterocycles. The maximum atomic E-state index is 3.67. The topological polar surface area (TPSA) is 12.0 Å². The number of anilines is 2. The molecule has 0 spiro atoms. The van der Waals surface area contributed by atoms with Crippen LogP contribution in [0.4, 0.5) is 11.4 Å². The molecule has 0 radical (unpaired) electrons. The van der Waals surface area contributed by atoms with Crippen molar-refractivity contribution in [2.24, 2.45) is 0 Å². The van der Waals surface area contributed by atoms with Crippen LogP contribution in [-0.2, 0) is 0 Å². The molecule has 136 valence electrons. The van der Waals surface area contributed by atoms with Gasteiger partial charge in [0.25, 0.3) is 0 Å². The molecule has 0 bridgehead atoms. The summed E-state index contributed by atoms with van der Waals surface area (Å²) in [6, 6.07) is 26.3. The Labute approximate surface area is 169 Å². The van der Waals surface area contributed by atoms with Crippen LogP contribution in [0.2, 0.25) is 14.8 Å². The summed E-state index contributed by atoms with van der Waals surface area (Å²) in [4.78, 5) is 7.45. The van der Waals surface area contributed by atoms with Gasteiger partial charge in [0.2, 0.25) is 0 Å². The van der Waals surface area contributed by atoms with Gasteiger partial charge in [-0.3, -0.25) is 0 Å². The van der Waals surface area contributed by atoms with Crippen molar-refractivity contribution in [3.8, 4) is 11.1 Å². The van der Waals surface area contributed by atoms with Crippen molar-refractivity contribution in [2.45, 2.75) is 21.7 Å². The predicted molar refractivity (Wildman–Crippen MR) is 125 cm³/mol. The summed E-state index contributed by atoms with van der Waals surface area (Å²) in [6.07, 6.45) is 0. The molecule has 3 heteroatoms. The van der Waals surface area contributed by atoms with Crippen LogP contribution in [0.1, 0.15) is 5.56 Å². The number of nitrogens with one attached hydrogen (secondary N) is 1. The van der Waals surface area contributed by atoms with Gasteiger partial charge >= 0.3 is 171 Å². The van der Waals surface area contributed by atoms with Crippen LogP contribution in [0.25, 0.3) is 21.2 Å². The summed E-state index contributed by atoms with van der Waals surface area (Å²) in [5, 5.41) is 5.04. The summed E-state index contributed by atoms with van der Waals surface area (Å²) in [5.41, 5.74) is 6.12. The predicted octanol–water partition coefficient (Wildman–Crippen LogP) is 7.17. The quantitative estimate of drug-likeness (QED) is 0.307. The third-order valence-electron chi connectivity index (χ3n) is 4.87. The van der Waals surface area contributed by atoms with Crippen molar-refractivity contribution in [2.75, 3.05) is 5.32 Å². The Bertz CT molecular complexity index is 1090. The molecular formula is C24H25NSSn. The van der Waals surface area contributed by atoms with Crippen molar-refractivity contribution >= 4 is 54.1 Å². The third-order valence-corrected chi connectivity index (χ3v) is 15.4. The number of aryl methyl sites for hydroxylation is 1. The van der Waals surface area contributed by atoms with E-state index in [0.717, 1.165) is 11.4 Å². The molecule has 1 heterocycles. The molecule has 27 heavy (non-hydrogen) atoms. The fraction of sp³-hybridized carbons (Fsp3) is 0.167. The number of rotatable bonds is 4. The fourth-order valence-electron chi connectivity index (χ4n) is 3.41. The zero-order valence-corrected chi connectivity index (χ0v) is 20.0. The first-order valence-corrected chi connectivity index (χ1v) is 20.2. The second-order valence-electron chi connectivity index (χ2n) is 8.10. The van der Waals surface area contributed by atoms with Crippen LogP contribution in [0.5, 0.6) is 0 Å². The summed E-state index contributed by atoms with van der Waals surface area (Å²) >= 11 is -0.0301. The minimum atomic E-state index is -2.02. The van der Waals surface area contributed by atoms with Gasteiger partial charge in [0.05, 0.1) is 0 Å². The van der Waals surface area contributed by atoms with Gasteiger partial charge in [-0.1, -0.05) is 0 Å². The normalized spacial score (nSPS) is 11.7. The van der Waals surface area contributed by atoms with E-state index in [1.165, 1.54) is 26.8 Å². The van der Waals surface area contributed by atoms with E-state index >= 15 is 0 Å². The van der Waals surface area contributed by atoms with E-state index in [-0.39, 0.29) is 0 Å². The number of hydrogen-bond donors (Lipinski definition) is 1. The van der Waals surface area contributed by atoms with Crippen LogP contribution in [0, 0.1) is 6.92 Å². The molecule has 0 aliphatic carbocycles. The molecule has 0 saturated carbocycles. The molecule has 1 aromatic heterocycles. The van der Waals surface area contributed by atoms with Gasteiger partial charge in [-0.2, -0.15) is 0 Å². The van der Waals surface area contributed by atoms with Crippen molar-refractivity contribution < 1.29 is 0 Å². The van der Waals surface area contributed by atoms with Gasteiger partial charge in [0.15, 0.2) is 0 Å².